The Morgan fingerprint density at radius 3 is 2.78 bits per heavy atom. The van der Waals surface area contributed by atoms with E-state index in [-0.39, 0.29) is 5.70 Å². The average molecular weight is 401 g/mol. The molecule has 122 valence electrons. The second kappa shape index (κ2) is 5.68. The normalized spacial score (nSPS) is 23.4. The van der Waals surface area contributed by atoms with Gasteiger partial charge in [-0.15, -0.1) is 11.8 Å². The third-order valence-corrected chi connectivity index (χ3v) is 5.76. The van der Waals surface area contributed by atoms with E-state index in [0.29, 0.717) is 21.5 Å². The van der Waals surface area contributed by atoms with Gasteiger partial charge in [0.2, 0.25) is 0 Å². The van der Waals surface area contributed by atoms with E-state index in [9.17, 15) is 19.5 Å². The highest BCUT2D eigenvalue weighted by Crippen LogP contribution is 2.40. The molecule has 3 heterocycles. The van der Waals surface area contributed by atoms with Crippen LogP contribution in [0.5, 0.6) is 0 Å². The maximum absolute atomic E-state index is 12.3. The van der Waals surface area contributed by atoms with Crippen LogP contribution >= 0.6 is 27.7 Å². The lowest BCUT2D eigenvalue weighted by atomic mass is 10.0. The maximum Gasteiger partial charge on any atom is 0.352 e. The number of nitrogens with zero attached hydrogens (tertiary/aromatic N) is 3. The molecular formula is C13H13BrN4O4S. The summed E-state index contributed by atoms with van der Waals surface area (Å²) in [5.41, 5.74) is 0.972. The maximum atomic E-state index is 12.3. The first-order valence-electron chi connectivity index (χ1n) is 6.69. The van der Waals surface area contributed by atoms with Gasteiger partial charge in [-0.1, -0.05) is 0 Å². The second-order valence-corrected chi connectivity index (χ2v) is 7.22. The van der Waals surface area contributed by atoms with Gasteiger partial charge in [0.15, 0.2) is 0 Å². The third-order valence-electron chi connectivity index (χ3n) is 3.76. The van der Waals surface area contributed by atoms with Crippen LogP contribution in [0.15, 0.2) is 21.9 Å². The standard InChI is InChI=1S/C13H13BrN4O4S/c1-5-4-23-12-7(11(20)18(12)8(5)13(21)22)16-10(19)9-6(14)3-15-17(9)2/h3,7,12H,4H2,1-2H3,(H,16,19)(H,21,22)/t7-,12+/m1/s1. The Morgan fingerprint density at radius 2 is 2.22 bits per heavy atom. The lowest BCUT2D eigenvalue weighted by Crippen LogP contribution is -2.70. The number of carboxylic acid groups (broad SMARTS) is 1. The summed E-state index contributed by atoms with van der Waals surface area (Å²) in [4.78, 5) is 37.2. The first-order chi connectivity index (χ1) is 10.8. The zero-order valence-electron chi connectivity index (χ0n) is 12.2. The molecule has 2 amide bonds. The van der Waals surface area contributed by atoms with Gasteiger partial charge in [0.05, 0.1) is 10.7 Å². The summed E-state index contributed by atoms with van der Waals surface area (Å²) in [6, 6.07) is -0.739. The molecule has 8 nitrogen and oxygen atoms in total. The molecule has 2 atom stereocenters. The lowest BCUT2D eigenvalue weighted by molar-refractivity contribution is -0.148. The molecule has 0 aliphatic carbocycles. The van der Waals surface area contributed by atoms with E-state index in [0.717, 1.165) is 0 Å². The molecule has 0 bridgehead atoms. The summed E-state index contributed by atoms with van der Waals surface area (Å²) in [6.07, 6.45) is 1.49. The molecule has 0 unspecified atom stereocenters. The van der Waals surface area contributed by atoms with Crippen molar-refractivity contribution in [1.82, 2.24) is 20.0 Å². The molecule has 0 aromatic carbocycles. The van der Waals surface area contributed by atoms with Crippen molar-refractivity contribution < 1.29 is 19.5 Å². The number of rotatable bonds is 3. The molecule has 3 rings (SSSR count). The van der Waals surface area contributed by atoms with Crippen LogP contribution in [-0.2, 0) is 16.6 Å². The fourth-order valence-corrected chi connectivity index (χ4v) is 4.47. The van der Waals surface area contributed by atoms with Crippen molar-refractivity contribution in [3.63, 3.8) is 0 Å². The first kappa shape index (κ1) is 16.1. The van der Waals surface area contributed by atoms with Crippen LogP contribution in [0.2, 0.25) is 0 Å². The smallest absolute Gasteiger partial charge is 0.352 e. The van der Waals surface area contributed by atoms with Crippen molar-refractivity contribution in [2.45, 2.75) is 18.3 Å². The number of carbonyl (C=O) groups is 3. The van der Waals surface area contributed by atoms with Gasteiger partial charge in [-0.3, -0.25) is 19.2 Å². The monoisotopic (exact) mass is 400 g/mol. The third kappa shape index (κ3) is 2.45. The van der Waals surface area contributed by atoms with Crippen molar-refractivity contribution in [2.75, 3.05) is 5.75 Å². The van der Waals surface area contributed by atoms with Crippen LogP contribution in [0.1, 0.15) is 17.4 Å². The molecule has 1 aromatic rings. The van der Waals surface area contributed by atoms with Crippen LogP contribution in [-0.4, -0.2) is 54.7 Å². The van der Waals surface area contributed by atoms with Crippen molar-refractivity contribution in [3.05, 3.63) is 27.6 Å². The molecule has 1 aromatic heterocycles. The Bertz CT molecular complexity index is 740. The highest BCUT2D eigenvalue weighted by atomic mass is 79.9. The molecule has 0 saturated carbocycles. The number of aliphatic carboxylic acids is 1. The van der Waals surface area contributed by atoms with Gasteiger partial charge in [0.1, 0.15) is 22.8 Å². The number of nitrogens with one attached hydrogen (secondary N) is 1. The summed E-state index contributed by atoms with van der Waals surface area (Å²) in [6.45, 7) is 1.69. The van der Waals surface area contributed by atoms with Crippen LogP contribution < -0.4 is 5.32 Å². The second-order valence-electron chi connectivity index (χ2n) is 5.26. The van der Waals surface area contributed by atoms with Gasteiger partial charge >= 0.3 is 5.97 Å². The van der Waals surface area contributed by atoms with E-state index in [1.807, 2.05) is 0 Å². The molecular weight excluding hydrogens is 388 g/mol. The number of halogens is 1. The minimum atomic E-state index is -1.12. The summed E-state index contributed by atoms with van der Waals surface area (Å²) >= 11 is 4.67. The van der Waals surface area contributed by atoms with Gasteiger partial charge in [-0.2, -0.15) is 5.10 Å². The summed E-state index contributed by atoms with van der Waals surface area (Å²) in [5.74, 6) is -1.46. The first-order valence-corrected chi connectivity index (χ1v) is 8.53. The van der Waals surface area contributed by atoms with Crippen LogP contribution in [0.25, 0.3) is 0 Å². The number of carbonyl (C=O) groups excluding carboxylic acids is 2. The number of carboxylic acids is 1. The molecule has 1 saturated heterocycles. The zero-order chi connectivity index (χ0) is 16.9. The van der Waals surface area contributed by atoms with E-state index in [2.05, 4.69) is 26.3 Å². The summed E-state index contributed by atoms with van der Waals surface area (Å²) < 4.78 is 1.93. The van der Waals surface area contributed by atoms with E-state index in [1.54, 1.807) is 14.0 Å². The van der Waals surface area contributed by atoms with Crippen molar-refractivity contribution in [1.29, 1.82) is 0 Å². The van der Waals surface area contributed by atoms with Gasteiger partial charge in [0.25, 0.3) is 11.8 Å². The Hall–Kier alpha value is -1.81. The number of aromatic nitrogens is 2. The lowest BCUT2D eigenvalue weighted by Gasteiger charge is -2.49. The van der Waals surface area contributed by atoms with E-state index in [1.165, 1.54) is 27.5 Å². The molecule has 2 aliphatic heterocycles. The largest absolute Gasteiger partial charge is 0.477 e. The zero-order valence-corrected chi connectivity index (χ0v) is 14.6. The molecule has 0 spiro atoms. The van der Waals surface area contributed by atoms with Gasteiger partial charge in [0, 0.05) is 12.8 Å². The molecule has 1 fully saturated rings. The van der Waals surface area contributed by atoms with Crippen LogP contribution in [0.4, 0.5) is 0 Å². The number of amides is 2. The Labute approximate surface area is 144 Å². The van der Waals surface area contributed by atoms with Crippen LogP contribution in [0, 0.1) is 0 Å². The number of hydrogen-bond acceptors (Lipinski definition) is 5. The highest BCUT2D eigenvalue weighted by molar-refractivity contribution is 9.10. The average Bonchev–Trinajstić information content (AvgIpc) is 2.83. The molecule has 10 heteroatoms. The number of fused-ring (bicyclic) bond motifs is 1. The minimum absolute atomic E-state index is 0.0194. The number of aryl methyl sites for hydroxylation is 1. The molecule has 0 radical (unpaired) electrons. The molecule has 23 heavy (non-hydrogen) atoms. The topological polar surface area (TPSA) is 105 Å². The fraction of sp³-hybridized carbons (Fsp3) is 0.385. The van der Waals surface area contributed by atoms with Gasteiger partial charge in [-0.05, 0) is 28.4 Å². The predicted molar refractivity (Wildman–Crippen MR) is 85.6 cm³/mol. The Balaban J connectivity index is 1.79. The van der Waals surface area contributed by atoms with Gasteiger partial charge in [-0.25, -0.2) is 4.79 Å². The molecule has 2 aliphatic rings. The van der Waals surface area contributed by atoms with E-state index < -0.39 is 29.2 Å². The van der Waals surface area contributed by atoms with Crippen LogP contribution in [0.3, 0.4) is 0 Å². The fourth-order valence-electron chi connectivity index (χ4n) is 2.65. The SMILES string of the molecule is CC1=C(C(=O)O)N2C(=O)[C@@H](NC(=O)c3c(Br)cnn3C)[C@@H]2SC1. The quantitative estimate of drug-likeness (QED) is 0.718. The Kier molecular flexibility index (Phi) is 3.96. The Morgan fingerprint density at radius 1 is 1.52 bits per heavy atom. The minimum Gasteiger partial charge on any atom is -0.477 e. The summed E-state index contributed by atoms with van der Waals surface area (Å²) in [5, 5.41) is 15.5. The van der Waals surface area contributed by atoms with E-state index in [4.69, 9.17) is 0 Å². The summed E-state index contributed by atoms with van der Waals surface area (Å²) in [7, 11) is 1.62. The number of hydrogen-bond donors (Lipinski definition) is 2. The predicted octanol–water partition coefficient (Wildman–Crippen LogP) is 0.555. The van der Waals surface area contributed by atoms with Gasteiger partial charge < -0.3 is 10.4 Å². The van der Waals surface area contributed by atoms with Crippen molar-refractivity contribution in [2.24, 2.45) is 7.05 Å². The van der Waals surface area contributed by atoms with Crippen molar-refractivity contribution >= 4 is 45.5 Å². The van der Waals surface area contributed by atoms with Crippen molar-refractivity contribution in [3.8, 4) is 0 Å². The van der Waals surface area contributed by atoms with E-state index >= 15 is 0 Å². The molecule has 2 N–H and O–H groups in total. The number of β-lactam (4-membered cyclic amide) rings is 1. The highest BCUT2D eigenvalue weighted by Gasteiger charge is 2.53. The number of thioether (sulfide) groups is 1.